The van der Waals surface area contributed by atoms with Crippen LogP contribution in [0.25, 0.3) is 11.0 Å². The molecule has 5 nitrogen and oxygen atoms in total. The molecule has 0 saturated carbocycles. The molecule has 2 heterocycles. The van der Waals surface area contributed by atoms with Gasteiger partial charge in [-0.25, -0.2) is 9.67 Å². The van der Waals surface area contributed by atoms with Gasteiger partial charge in [-0.15, -0.1) is 0 Å². The van der Waals surface area contributed by atoms with E-state index in [0.29, 0.717) is 12.1 Å². The zero-order chi connectivity index (χ0) is 18.7. The van der Waals surface area contributed by atoms with Gasteiger partial charge in [-0.05, 0) is 38.8 Å². The van der Waals surface area contributed by atoms with Gasteiger partial charge >= 0.3 is 0 Å². The topological polar surface area (TPSA) is 51.0 Å². The zero-order valence-corrected chi connectivity index (χ0v) is 15.9. The molecule has 0 spiro atoms. The van der Waals surface area contributed by atoms with E-state index in [9.17, 15) is 4.79 Å². The highest BCUT2D eigenvalue weighted by Crippen LogP contribution is 2.20. The SMILES string of the molecule is CC[C@@H](C)N(Cc1ccccc1)C(=O)c1cnc2c(cnn2C(C)C)c1. The minimum absolute atomic E-state index is 0.00917. The van der Waals surface area contributed by atoms with E-state index in [2.05, 4.69) is 49.9 Å². The summed E-state index contributed by atoms with van der Waals surface area (Å²) in [5, 5.41) is 5.29. The van der Waals surface area contributed by atoms with Crippen LogP contribution in [0.4, 0.5) is 0 Å². The molecule has 1 atom stereocenters. The Labute approximate surface area is 154 Å². The molecule has 0 saturated heterocycles. The average Bonchev–Trinajstić information content (AvgIpc) is 3.09. The van der Waals surface area contributed by atoms with Crippen LogP contribution in [0.3, 0.4) is 0 Å². The second-order valence-electron chi connectivity index (χ2n) is 7.00. The summed E-state index contributed by atoms with van der Waals surface area (Å²) in [5.74, 6) is 0.00917. The Morgan fingerprint density at radius 3 is 2.54 bits per heavy atom. The number of amides is 1. The quantitative estimate of drug-likeness (QED) is 0.660. The first-order chi connectivity index (χ1) is 12.5. The van der Waals surface area contributed by atoms with Gasteiger partial charge < -0.3 is 4.90 Å². The van der Waals surface area contributed by atoms with Crippen LogP contribution in [0.5, 0.6) is 0 Å². The fourth-order valence-electron chi connectivity index (χ4n) is 3.03. The number of aromatic nitrogens is 3. The van der Waals surface area contributed by atoms with Gasteiger partial charge in [0.15, 0.2) is 5.65 Å². The third-order valence-corrected chi connectivity index (χ3v) is 4.75. The molecule has 0 fully saturated rings. The van der Waals surface area contributed by atoms with Gasteiger partial charge in [0, 0.05) is 30.2 Å². The normalized spacial score (nSPS) is 12.5. The first kappa shape index (κ1) is 18.1. The maximum absolute atomic E-state index is 13.2. The summed E-state index contributed by atoms with van der Waals surface area (Å²) >= 11 is 0. The van der Waals surface area contributed by atoms with E-state index in [1.165, 1.54) is 0 Å². The molecule has 0 bridgehead atoms. The molecule has 3 rings (SSSR count). The van der Waals surface area contributed by atoms with E-state index in [1.807, 2.05) is 33.8 Å². The van der Waals surface area contributed by atoms with Crippen molar-refractivity contribution in [2.45, 2.75) is 52.7 Å². The fourth-order valence-corrected chi connectivity index (χ4v) is 3.03. The molecular formula is C21H26N4O. The van der Waals surface area contributed by atoms with Gasteiger partial charge in [0.2, 0.25) is 0 Å². The number of nitrogens with zero attached hydrogens (tertiary/aromatic N) is 4. The lowest BCUT2D eigenvalue weighted by Gasteiger charge is -2.29. The summed E-state index contributed by atoms with van der Waals surface area (Å²) in [5.41, 5.74) is 2.55. The molecule has 1 amide bonds. The van der Waals surface area contributed by atoms with E-state index in [4.69, 9.17) is 0 Å². The number of hydrogen-bond acceptors (Lipinski definition) is 3. The van der Waals surface area contributed by atoms with Crippen molar-refractivity contribution in [2.75, 3.05) is 0 Å². The van der Waals surface area contributed by atoms with Crippen molar-refractivity contribution in [2.24, 2.45) is 0 Å². The number of hydrogen-bond donors (Lipinski definition) is 0. The Morgan fingerprint density at radius 2 is 1.88 bits per heavy atom. The number of pyridine rings is 1. The van der Waals surface area contributed by atoms with Crippen molar-refractivity contribution in [3.8, 4) is 0 Å². The average molecular weight is 350 g/mol. The van der Waals surface area contributed by atoms with Gasteiger partial charge in [-0.1, -0.05) is 37.3 Å². The summed E-state index contributed by atoms with van der Waals surface area (Å²) < 4.78 is 1.87. The molecule has 3 aromatic rings. The Hall–Kier alpha value is -2.69. The lowest BCUT2D eigenvalue weighted by Crippen LogP contribution is -2.37. The maximum Gasteiger partial charge on any atom is 0.255 e. The minimum atomic E-state index is 0.00917. The summed E-state index contributed by atoms with van der Waals surface area (Å²) in [6, 6.07) is 12.4. The van der Waals surface area contributed by atoms with Crippen molar-refractivity contribution in [1.82, 2.24) is 19.7 Å². The summed E-state index contributed by atoms with van der Waals surface area (Å²) in [6.45, 7) is 8.92. The summed E-state index contributed by atoms with van der Waals surface area (Å²) in [4.78, 5) is 19.6. The lowest BCUT2D eigenvalue weighted by molar-refractivity contribution is 0.0671. The van der Waals surface area contributed by atoms with Crippen LogP contribution in [-0.4, -0.2) is 31.6 Å². The number of benzene rings is 1. The zero-order valence-electron chi connectivity index (χ0n) is 15.9. The molecule has 136 valence electrons. The molecule has 2 aromatic heterocycles. The van der Waals surface area contributed by atoms with Crippen LogP contribution in [0, 0.1) is 0 Å². The Balaban J connectivity index is 1.92. The molecule has 0 aliphatic heterocycles. The number of carbonyl (C=O) groups excluding carboxylic acids is 1. The molecule has 26 heavy (non-hydrogen) atoms. The van der Waals surface area contributed by atoms with Crippen LogP contribution in [-0.2, 0) is 6.54 Å². The van der Waals surface area contributed by atoms with E-state index in [1.54, 1.807) is 12.4 Å². The molecule has 0 unspecified atom stereocenters. The van der Waals surface area contributed by atoms with Crippen LogP contribution >= 0.6 is 0 Å². The van der Waals surface area contributed by atoms with E-state index >= 15 is 0 Å². The number of carbonyl (C=O) groups is 1. The molecule has 5 heteroatoms. The maximum atomic E-state index is 13.2. The van der Waals surface area contributed by atoms with E-state index in [-0.39, 0.29) is 18.0 Å². The summed E-state index contributed by atoms with van der Waals surface area (Å²) in [7, 11) is 0. The first-order valence-electron chi connectivity index (χ1n) is 9.19. The van der Waals surface area contributed by atoms with Crippen LogP contribution in [0.15, 0.2) is 48.8 Å². The number of fused-ring (bicyclic) bond motifs is 1. The Bertz CT molecular complexity index is 885. The molecular weight excluding hydrogens is 324 g/mol. The van der Waals surface area contributed by atoms with Gasteiger partial charge in [-0.2, -0.15) is 5.10 Å². The van der Waals surface area contributed by atoms with Gasteiger partial charge in [-0.3, -0.25) is 4.79 Å². The van der Waals surface area contributed by atoms with Gasteiger partial charge in [0.25, 0.3) is 5.91 Å². The molecule has 0 N–H and O–H groups in total. The van der Waals surface area contributed by atoms with Crippen molar-refractivity contribution in [3.63, 3.8) is 0 Å². The predicted octanol–water partition coefficient (Wildman–Crippen LogP) is 4.45. The standard InChI is InChI=1S/C21H26N4O/c1-5-16(4)24(14-17-9-7-6-8-10-17)21(26)19-11-18-13-23-25(15(2)3)20(18)22-12-19/h6-13,15-16H,5,14H2,1-4H3/t16-/m1/s1. The summed E-state index contributed by atoms with van der Waals surface area (Å²) in [6.07, 6.45) is 4.36. The smallest absolute Gasteiger partial charge is 0.255 e. The number of rotatable bonds is 6. The highest BCUT2D eigenvalue weighted by molar-refractivity contribution is 5.97. The van der Waals surface area contributed by atoms with Crippen molar-refractivity contribution >= 4 is 16.9 Å². The Kier molecular flexibility index (Phi) is 5.35. The lowest BCUT2D eigenvalue weighted by atomic mass is 10.1. The van der Waals surface area contributed by atoms with Crippen LogP contribution in [0.2, 0.25) is 0 Å². The molecule has 0 radical (unpaired) electrons. The third kappa shape index (κ3) is 3.62. The second kappa shape index (κ2) is 7.68. The molecule has 1 aromatic carbocycles. The van der Waals surface area contributed by atoms with Crippen molar-refractivity contribution in [3.05, 3.63) is 59.9 Å². The monoisotopic (exact) mass is 350 g/mol. The second-order valence-corrected chi connectivity index (χ2v) is 7.00. The largest absolute Gasteiger partial charge is 0.332 e. The third-order valence-electron chi connectivity index (χ3n) is 4.75. The van der Waals surface area contributed by atoms with Gasteiger partial charge in [0.05, 0.1) is 11.8 Å². The van der Waals surface area contributed by atoms with Crippen LogP contribution < -0.4 is 0 Å². The fraction of sp³-hybridized carbons (Fsp3) is 0.381. The van der Waals surface area contributed by atoms with E-state index in [0.717, 1.165) is 23.0 Å². The van der Waals surface area contributed by atoms with Gasteiger partial charge in [0.1, 0.15) is 0 Å². The van der Waals surface area contributed by atoms with E-state index < -0.39 is 0 Å². The van der Waals surface area contributed by atoms with Crippen molar-refractivity contribution < 1.29 is 4.79 Å². The minimum Gasteiger partial charge on any atom is -0.332 e. The van der Waals surface area contributed by atoms with Crippen molar-refractivity contribution in [1.29, 1.82) is 0 Å². The Morgan fingerprint density at radius 1 is 1.15 bits per heavy atom. The van der Waals surface area contributed by atoms with Crippen LogP contribution in [0.1, 0.15) is 56.1 Å². The first-order valence-corrected chi connectivity index (χ1v) is 9.19. The highest BCUT2D eigenvalue weighted by atomic mass is 16.2. The highest BCUT2D eigenvalue weighted by Gasteiger charge is 2.22. The molecule has 0 aliphatic rings. The molecule has 0 aliphatic carbocycles. The predicted molar refractivity (Wildman–Crippen MR) is 104 cm³/mol.